The molecule has 1 aliphatic heterocycles. The quantitative estimate of drug-likeness (QED) is 0.810. The lowest BCUT2D eigenvalue weighted by atomic mass is 10.2. The van der Waals surface area contributed by atoms with Crippen LogP contribution in [0, 0.1) is 5.82 Å². The first-order valence-electron chi connectivity index (χ1n) is 6.29. The van der Waals surface area contributed by atoms with Gasteiger partial charge in [0.2, 0.25) is 0 Å². The lowest BCUT2D eigenvalue weighted by Gasteiger charge is -2.15. The third-order valence-corrected chi connectivity index (χ3v) is 5.58. The topological polar surface area (TPSA) is 81.4 Å². The van der Waals surface area contributed by atoms with Crippen molar-refractivity contribution in [1.29, 1.82) is 0 Å². The van der Waals surface area contributed by atoms with Crippen LogP contribution in [0.5, 0.6) is 5.75 Å². The fraction of sp³-hybridized carbons (Fsp3) is 0.500. The van der Waals surface area contributed by atoms with Crippen molar-refractivity contribution in [2.24, 2.45) is 0 Å². The summed E-state index contributed by atoms with van der Waals surface area (Å²) in [7, 11) is -3.14. The van der Waals surface area contributed by atoms with E-state index in [9.17, 15) is 21.6 Å². The first kappa shape index (κ1) is 15.7. The highest BCUT2D eigenvalue weighted by atomic mass is 32.2. The van der Waals surface area contributed by atoms with Gasteiger partial charge in [0.1, 0.15) is 0 Å². The molecule has 21 heavy (non-hydrogen) atoms. The molecule has 0 aliphatic carbocycles. The van der Waals surface area contributed by atoms with E-state index < -0.39 is 33.3 Å². The van der Waals surface area contributed by atoms with E-state index in [1.165, 1.54) is 0 Å². The summed E-state index contributed by atoms with van der Waals surface area (Å²) in [6.45, 7) is -3.07. The van der Waals surface area contributed by atoms with Gasteiger partial charge in [-0.3, -0.25) is 0 Å². The first-order valence-corrected chi connectivity index (χ1v) is 8.00. The Morgan fingerprint density at radius 2 is 2.14 bits per heavy atom. The van der Waals surface area contributed by atoms with Crippen molar-refractivity contribution in [3.63, 3.8) is 0 Å². The Hall–Kier alpha value is -1.64. The normalized spacial score (nSPS) is 20.7. The number of anilines is 2. The Labute approximate surface area is 120 Å². The summed E-state index contributed by atoms with van der Waals surface area (Å²) in [4.78, 5) is 0. The van der Waals surface area contributed by atoms with Crippen LogP contribution < -0.4 is 15.8 Å². The van der Waals surface area contributed by atoms with Crippen LogP contribution in [0.3, 0.4) is 0 Å². The molecule has 1 atom stereocenters. The van der Waals surface area contributed by atoms with E-state index in [2.05, 4.69) is 10.1 Å². The molecule has 1 unspecified atom stereocenters. The maximum Gasteiger partial charge on any atom is 0.387 e. The monoisotopic (exact) mass is 324 g/mol. The lowest BCUT2D eigenvalue weighted by molar-refractivity contribution is -0.0521. The zero-order chi connectivity index (χ0) is 15.6. The highest BCUT2D eigenvalue weighted by Gasteiger charge is 2.31. The van der Waals surface area contributed by atoms with Crippen molar-refractivity contribution in [2.45, 2.75) is 24.7 Å². The Kier molecular flexibility index (Phi) is 4.50. The van der Waals surface area contributed by atoms with E-state index in [0.29, 0.717) is 12.8 Å². The second kappa shape index (κ2) is 6.00. The number of rotatable bonds is 5. The minimum atomic E-state index is -3.16. The molecular weight excluding hydrogens is 309 g/mol. The summed E-state index contributed by atoms with van der Waals surface area (Å²) in [5.74, 6) is -1.51. The smallest absolute Gasteiger partial charge is 0.387 e. The maximum absolute atomic E-state index is 13.4. The van der Waals surface area contributed by atoms with Crippen LogP contribution in [0.1, 0.15) is 12.8 Å². The van der Waals surface area contributed by atoms with Gasteiger partial charge in [0.05, 0.1) is 22.4 Å². The standard InChI is InChI=1S/C12H15F3N2O3S/c13-8-4-9(16)10(5-11(8)20-12(14)15)17-6-7-2-1-3-21(7,18)19/h4-5,7,12,17H,1-3,6,16H2. The van der Waals surface area contributed by atoms with Crippen molar-refractivity contribution >= 4 is 21.2 Å². The third-order valence-electron chi connectivity index (χ3n) is 3.30. The minimum Gasteiger partial charge on any atom is -0.432 e. The minimum absolute atomic E-state index is 0.00971. The zero-order valence-electron chi connectivity index (χ0n) is 11.0. The Bertz CT molecular complexity index is 622. The van der Waals surface area contributed by atoms with Crippen molar-refractivity contribution in [1.82, 2.24) is 0 Å². The van der Waals surface area contributed by atoms with Gasteiger partial charge in [-0.2, -0.15) is 8.78 Å². The van der Waals surface area contributed by atoms with Gasteiger partial charge >= 0.3 is 6.61 Å². The molecule has 0 bridgehead atoms. The molecule has 3 N–H and O–H groups in total. The van der Waals surface area contributed by atoms with Gasteiger partial charge in [-0.15, -0.1) is 0 Å². The molecule has 1 fully saturated rings. The van der Waals surface area contributed by atoms with Crippen LogP contribution in [-0.2, 0) is 9.84 Å². The first-order chi connectivity index (χ1) is 9.79. The van der Waals surface area contributed by atoms with Crippen molar-refractivity contribution in [2.75, 3.05) is 23.3 Å². The zero-order valence-corrected chi connectivity index (χ0v) is 11.8. The van der Waals surface area contributed by atoms with Crippen molar-refractivity contribution in [3.8, 4) is 5.75 Å². The number of nitrogens with two attached hydrogens (primary N) is 1. The molecule has 1 aliphatic rings. The summed E-state index contributed by atoms with van der Waals surface area (Å²) in [5.41, 5.74) is 5.73. The Morgan fingerprint density at radius 3 is 2.71 bits per heavy atom. The number of benzene rings is 1. The molecule has 1 heterocycles. The van der Waals surface area contributed by atoms with Gasteiger partial charge in [-0.25, -0.2) is 12.8 Å². The number of ether oxygens (including phenoxy) is 1. The van der Waals surface area contributed by atoms with Gasteiger partial charge in [0.25, 0.3) is 0 Å². The molecule has 1 aromatic rings. The molecular formula is C12H15F3N2O3S. The van der Waals surface area contributed by atoms with E-state index in [4.69, 9.17) is 5.73 Å². The van der Waals surface area contributed by atoms with E-state index in [1.807, 2.05) is 0 Å². The van der Waals surface area contributed by atoms with Gasteiger partial charge < -0.3 is 15.8 Å². The summed E-state index contributed by atoms with van der Waals surface area (Å²) in [6, 6.07) is 1.85. The third kappa shape index (κ3) is 3.72. The van der Waals surface area contributed by atoms with Crippen LogP contribution in [0.2, 0.25) is 0 Å². The summed E-state index contributed by atoms with van der Waals surface area (Å²) < 4.78 is 65.1. The number of hydrogen-bond acceptors (Lipinski definition) is 5. The summed E-state index contributed by atoms with van der Waals surface area (Å²) in [6.07, 6.45) is 1.12. The van der Waals surface area contributed by atoms with Crippen LogP contribution in [0.15, 0.2) is 12.1 Å². The summed E-state index contributed by atoms with van der Waals surface area (Å²) >= 11 is 0. The summed E-state index contributed by atoms with van der Waals surface area (Å²) in [5, 5.41) is 2.20. The molecule has 0 amide bonds. The molecule has 1 aromatic carbocycles. The fourth-order valence-electron chi connectivity index (χ4n) is 2.22. The van der Waals surface area contributed by atoms with E-state index >= 15 is 0 Å². The van der Waals surface area contributed by atoms with Crippen LogP contribution in [0.4, 0.5) is 24.5 Å². The molecule has 0 aromatic heterocycles. The number of sulfone groups is 1. The molecule has 118 valence electrons. The average molecular weight is 324 g/mol. The fourth-order valence-corrected chi connectivity index (χ4v) is 3.98. The molecule has 0 spiro atoms. The molecule has 2 rings (SSSR count). The average Bonchev–Trinajstić information content (AvgIpc) is 2.70. The molecule has 1 saturated heterocycles. The van der Waals surface area contributed by atoms with Crippen molar-refractivity contribution < 1.29 is 26.3 Å². The molecule has 0 radical (unpaired) electrons. The SMILES string of the molecule is Nc1cc(F)c(OC(F)F)cc1NCC1CCCS1(=O)=O. The molecule has 5 nitrogen and oxygen atoms in total. The van der Waals surface area contributed by atoms with E-state index in [1.54, 1.807) is 0 Å². The predicted octanol–water partition coefficient (Wildman–Crippen LogP) is 2.00. The van der Waals surface area contributed by atoms with Gasteiger partial charge in [0.15, 0.2) is 21.4 Å². The maximum atomic E-state index is 13.4. The van der Waals surface area contributed by atoms with Gasteiger partial charge in [-0.05, 0) is 12.8 Å². The number of nitrogens with one attached hydrogen (secondary N) is 1. The number of alkyl halides is 2. The van der Waals surface area contributed by atoms with Crippen LogP contribution in [0.25, 0.3) is 0 Å². The highest BCUT2D eigenvalue weighted by Crippen LogP contribution is 2.30. The molecule has 0 saturated carbocycles. The van der Waals surface area contributed by atoms with Crippen LogP contribution in [-0.4, -0.2) is 32.6 Å². The lowest BCUT2D eigenvalue weighted by Crippen LogP contribution is -2.25. The van der Waals surface area contributed by atoms with E-state index in [0.717, 1.165) is 12.1 Å². The highest BCUT2D eigenvalue weighted by molar-refractivity contribution is 7.92. The second-order valence-corrected chi connectivity index (χ2v) is 7.16. The second-order valence-electron chi connectivity index (χ2n) is 4.76. The molecule has 9 heteroatoms. The van der Waals surface area contributed by atoms with Gasteiger partial charge in [0, 0.05) is 18.7 Å². The van der Waals surface area contributed by atoms with Gasteiger partial charge in [-0.1, -0.05) is 0 Å². The van der Waals surface area contributed by atoms with Crippen LogP contribution >= 0.6 is 0 Å². The predicted molar refractivity (Wildman–Crippen MR) is 72.7 cm³/mol. The van der Waals surface area contributed by atoms with Crippen molar-refractivity contribution in [3.05, 3.63) is 17.9 Å². The number of hydrogen-bond donors (Lipinski definition) is 2. The Balaban J connectivity index is 2.12. The number of halogens is 3. The number of nitrogen functional groups attached to an aromatic ring is 1. The Morgan fingerprint density at radius 1 is 1.43 bits per heavy atom. The van der Waals surface area contributed by atoms with E-state index in [-0.39, 0.29) is 23.7 Å². The largest absolute Gasteiger partial charge is 0.432 e.